The largest absolute Gasteiger partial charge is 0.305 e. The van der Waals surface area contributed by atoms with E-state index in [1.807, 2.05) is 43.1 Å². The van der Waals surface area contributed by atoms with Crippen LogP contribution in [0.2, 0.25) is 5.02 Å². The molecule has 0 bridgehead atoms. The van der Waals surface area contributed by atoms with Gasteiger partial charge in [0.2, 0.25) is 0 Å². The Balaban J connectivity index is 1.72. The minimum atomic E-state index is 0.719. The van der Waals surface area contributed by atoms with Crippen molar-refractivity contribution in [3.8, 4) is 11.4 Å². The van der Waals surface area contributed by atoms with E-state index in [0.717, 1.165) is 33.2 Å². The van der Waals surface area contributed by atoms with Gasteiger partial charge in [0, 0.05) is 18.4 Å². The van der Waals surface area contributed by atoms with Crippen molar-refractivity contribution in [1.82, 2.24) is 14.8 Å². The Morgan fingerprint density at radius 3 is 2.71 bits per heavy atom. The number of hydrogen-bond donors (Lipinski definition) is 0. The molecule has 0 radical (unpaired) electrons. The fourth-order valence-electron chi connectivity index (χ4n) is 2.86. The van der Waals surface area contributed by atoms with Gasteiger partial charge < -0.3 is 4.57 Å². The molecule has 5 heteroatoms. The van der Waals surface area contributed by atoms with Gasteiger partial charge in [-0.05, 0) is 30.9 Å². The average molecular weight is 322 g/mol. The molecule has 0 N–H and O–H groups in total. The number of benzene rings is 1. The highest BCUT2D eigenvalue weighted by molar-refractivity contribution is 7.99. The van der Waals surface area contributed by atoms with Gasteiger partial charge in [0.05, 0.1) is 5.02 Å². The molecular formula is C16H20ClN3S. The van der Waals surface area contributed by atoms with Crippen molar-refractivity contribution in [3.05, 3.63) is 29.3 Å². The van der Waals surface area contributed by atoms with Gasteiger partial charge in [0.1, 0.15) is 0 Å². The highest BCUT2D eigenvalue weighted by Crippen LogP contribution is 2.31. The van der Waals surface area contributed by atoms with E-state index in [4.69, 9.17) is 11.6 Å². The molecule has 1 aliphatic rings. The highest BCUT2D eigenvalue weighted by Gasteiger charge is 2.17. The first-order valence-electron chi connectivity index (χ1n) is 7.53. The summed E-state index contributed by atoms with van der Waals surface area (Å²) in [6.45, 7) is 0. The molecule has 1 aromatic heterocycles. The van der Waals surface area contributed by atoms with Crippen LogP contribution in [-0.4, -0.2) is 20.5 Å². The van der Waals surface area contributed by atoms with Gasteiger partial charge in [-0.3, -0.25) is 0 Å². The van der Waals surface area contributed by atoms with Crippen molar-refractivity contribution in [2.24, 2.45) is 13.0 Å². The lowest BCUT2D eigenvalue weighted by atomic mass is 9.91. The van der Waals surface area contributed by atoms with Gasteiger partial charge in [0.15, 0.2) is 11.0 Å². The molecule has 1 fully saturated rings. The van der Waals surface area contributed by atoms with E-state index in [-0.39, 0.29) is 0 Å². The van der Waals surface area contributed by atoms with Crippen molar-refractivity contribution in [1.29, 1.82) is 0 Å². The van der Waals surface area contributed by atoms with Gasteiger partial charge in [0.25, 0.3) is 0 Å². The molecule has 3 rings (SSSR count). The Morgan fingerprint density at radius 1 is 1.19 bits per heavy atom. The summed E-state index contributed by atoms with van der Waals surface area (Å²) in [7, 11) is 2.02. The summed E-state index contributed by atoms with van der Waals surface area (Å²) in [5.74, 6) is 2.82. The fourth-order valence-corrected chi connectivity index (χ4v) is 4.18. The van der Waals surface area contributed by atoms with Crippen molar-refractivity contribution >= 4 is 23.4 Å². The minimum Gasteiger partial charge on any atom is -0.305 e. The number of thioether (sulfide) groups is 1. The number of hydrogen-bond acceptors (Lipinski definition) is 3. The zero-order chi connectivity index (χ0) is 14.7. The number of aromatic nitrogens is 3. The predicted molar refractivity (Wildman–Crippen MR) is 88.7 cm³/mol. The lowest BCUT2D eigenvalue weighted by molar-refractivity contribution is 0.390. The van der Waals surface area contributed by atoms with E-state index in [9.17, 15) is 0 Å². The van der Waals surface area contributed by atoms with E-state index in [0.29, 0.717) is 0 Å². The number of halogens is 1. The summed E-state index contributed by atoms with van der Waals surface area (Å²) in [5, 5.41) is 10.4. The van der Waals surface area contributed by atoms with Crippen molar-refractivity contribution in [2.45, 2.75) is 37.3 Å². The lowest BCUT2D eigenvalue weighted by Gasteiger charge is -2.20. The Morgan fingerprint density at radius 2 is 1.95 bits per heavy atom. The molecule has 1 aromatic carbocycles. The van der Waals surface area contributed by atoms with Crippen LogP contribution in [-0.2, 0) is 7.05 Å². The molecule has 2 aromatic rings. The standard InChI is InChI=1S/C16H20ClN3S/c1-20-15(13-9-5-6-10-14(13)17)18-19-16(20)21-11-12-7-3-2-4-8-12/h5-6,9-10,12H,2-4,7-8,11H2,1H3. The van der Waals surface area contributed by atoms with E-state index >= 15 is 0 Å². The second-order valence-corrected chi connectivity index (χ2v) is 7.05. The number of rotatable bonds is 4. The van der Waals surface area contributed by atoms with Crippen LogP contribution in [0.3, 0.4) is 0 Å². The molecule has 112 valence electrons. The molecule has 0 unspecified atom stereocenters. The molecule has 0 saturated heterocycles. The maximum Gasteiger partial charge on any atom is 0.191 e. The first-order chi connectivity index (χ1) is 10.3. The van der Waals surface area contributed by atoms with Crippen molar-refractivity contribution < 1.29 is 0 Å². The molecular weight excluding hydrogens is 302 g/mol. The van der Waals surface area contributed by atoms with E-state index in [2.05, 4.69) is 14.8 Å². The third-order valence-electron chi connectivity index (χ3n) is 4.12. The summed E-state index contributed by atoms with van der Waals surface area (Å²) in [4.78, 5) is 0. The quantitative estimate of drug-likeness (QED) is 0.757. The molecule has 0 atom stereocenters. The van der Waals surface area contributed by atoms with Crippen molar-refractivity contribution in [2.75, 3.05) is 5.75 Å². The summed E-state index contributed by atoms with van der Waals surface area (Å²) < 4.78 is 2.05. The maximum atomic E-state index is 6.25. The van der Waals surface area contributed by atoms with E-state index in [1.54, 1.807) is 0 Å². The smallest absolute Gasteiger partial charge is 0.191 e. The Bertz CT molecular complexity index is 605. The molecule has 1 aliphatic carbocycles. The van der Waals surface area contributed by atoms with Crippen LogP contribution < -0.4 is 0 Å². The summed E-state index contributed by atoms with van der Waals surface area (Å²) in [6, 6.07) is 7.79. The second kappa shape index (κ2) is 6.84. The average Bonchev–Trinajstić information content (AvgIpc) is 2.88. The van der Waals surface area contributed by atoms with Gasteiger partial charge in [-0.25, -0.2) is 0 Å². The van der Waals surface area contributed by atoms with Gasteiger partial charge in [-0.2, -0.15) is 0 Å². The minimum absolute atomic E-state index is 0.719. The predicted octanol–water partition coefficient (Wildman–Crippen LogP) is 4.81. The Hall–Kier alpha value is -1.00. The van der Waals surface area contributed by atoms with Crippen LogP contribution in [0.4, 0.5) is 0 Å². The third kappa shape index (κ3) is 3.43. The van der Waals surface area contributed by atoms with Gasteiger partial charge >= 0.3 is 0 Å². The van der Waals surface area contributed by atoms with Crippen LogP contribution in [0.25, 0.3) is 11.4 Å². The van der Waals surface area contributed by atoms with Crippen LogP contribution in [0.1, 0.15) is 32.1 Å². The van der Waals surface area contributed by atoms with E-state index in [1.165, 1.54) is 32.1 Å². The van der Waals surface area contributed by atoms with Crippen LogP contribution in [0, 0.1) is 5.92 Å². The molecule has 0 amide bonds. The van der Waals surface area contributed by atoms with Crippen LogP contribution in [0.5, 0.6) is 0 Å². The van der Waals surface area contributed by atoms with E-state index < -0.39 is 0 Å². The monoisotopic (exact) mass is 321 g/mol. The first kappa shape index (κ1) is 14.9. The topological polar surface area (TPSA) is 30.7 Å². The molecule has 0 spiro atoms. The third-order valence-corrected chi connectivity index (χ3v) is 5.70. The molecule has 21 heavy (non-hydrogen) atoms. The summed E-state index contributed by atoms with van der Waals surface area (Å²) in [6.07, 6.45) is 6.90. The Kier molecular flexibility index (Phi) is 4.86. The van der Waals surface area contributed by atoms with Crippen LogP contribution >= 0.6 is 23.4 Å². The molecule has 3 nitrogen and oxygen atoms in total. The van der Waals surface area contributed by atoms with Crippen LogP contribution in [0.15, 0.2) is 29.4 Å². The summed E-state index contributed by atoms with van der Waals surface area (Å²) >= 11 is 8.07. The zero-order valence-electron chi connectivity index (χ0n) is 12.3. The SMILES string of the molecule is Cn1c(SCC2CCCCC2)nnc1-c1ccccc1Cl. The normalized spacial score (nSPS) is 16.3. The highest BCUT2D eigenvalue weighted by atomic mass is 35.5. The Labute approximate surface area is 135 Å². The maximum absolute atomic E-state index is 6.25. The summed E-state index contributed by atoms with van der Waals surface area (Å²) in [5.41, 5.74) is 0.943. The molecule has 1 saturated carbocycles. The molecule has 1 heterocycles. The van der Waals surface area contributed by atoms with Gasteiger partial charge in [-0.15, -0.1) is 10.2 Å². The zero-order valence-corrected chi connectivity index (χ0v) is 13.8. The lowest BCUT2D eigenvalue weighted by Crippen LogP contribution is -2.09. The fraction of sp³-hybridized carbons (Fsp3) is 0.500. The second-order valence-electron chi connectivity index (χ2n) is 5.66. The van der Waals surface area contributed by atoms with Crippen molar-refractivity contribution in [3.63, 3.8) is 0 Å². The molecule has 0 aliphatic heterocycles. The number of nitrogens with zero attached hydrogens (tertiary/aromatic N) is 3. The first-order valence-corrected chi connectivity index (χ1v) is 8.89. The van der Waals surface area contributed by atoms with Gasteiger partial charge in [-0.1, -0.05) is 54.8 Å².